The van der Waals surface area contributed by atoms with E-state index in [4.69, 9.17) is 9.47 Å². The third-order valence-electron chi connectivity index (χ3n) is 3.82. The fraction of sp³-hybridized carbons (Fsp3) is 0.625. The summed E-state index contributed by atoms with van der Waals surface area (Å²) in [5, 5.41) is 3.32. The van der Waals surface area contributed by atoms with Crippen molar-refractivity contribution in [2.75, 3.05) is 33.4 Å². The fourth-order valence-corrected chi connectivity index (χ4v) is 2.76. The van der Waals surface area contributed by atoms with Crippen LogP contribution in [0.2, 0.25) is 0 Å². The monoisotopic (exact) mass is 299 g/mol. The first-order valence-corrected chi connectivity index (χ1v) is 7.48. The molecule has 118 valence electrons. The molecule has 5 heteroatoms. The molecule has 1 fully saturated rings. The van der Waals surface area contributed by atoms with Crippen molar-refractivity contribution in [2.24, 2.45) is 5.92 Å². The summed E-state index contributed by atoms with van der Waals surface area (Å²) < 4.78 is 38.1. The second kappa shape index (κ2) is 8.41. The average molecular weight is 299 g/mol. The molecule has 21 heavy (non-hydrogen) atoms. The molecule has 0 aliphatic carbocycles. The van der Waals surface area contributed by atoms with Crippen LogP contribution < -0.4 is 5.32 Å². The number of ether oxygens (including phenoxy) is 2. The summed E-state index contributed by atoms with van der Waals surface area (Å²) >= 11 is 0. The molecule has 0 bridgehead atoms. The predicted octanol–water partition coefficient (Wildman–Crippen LogP) is 3.06. The van der Waals surface area contributed by atoms with E-state index in [1.165, 1.54) is 12.1 Å². The number of benzene rings is 1. The lowest BCUT2D eigenvalue weighted by atomic mass is 9.89. The smallest absolute Gasteiger partial charge is 0.131 e. The molecule has 0 amide bonds. The van der Waals surface area contributed by atoms with E-state index >= 15 is 0 Å². The van der Waals surface area contributed by atoms with Crippen LogP contribution in [0.25, 0.3) is 0 Å². The van der Waals surface area contributed by atoms with Gasteiger partial charge in [0.25, 0.3) is 0 Å². The lowest BCUT2D eigenvalue weighted by molar-refractivity contribution is -0.00702. The third-order valence-corrected chi connectivity index (χ3v) is 3.82. The molecule has 3 nitrogen and oxygen atoms in total. The normalized spacial score (nSPS) is 20.4. The lowest BCUT2D eigenvalue weighted by Gasteiger charge is -2.31. The van der Waals surface area contributed by atoms with E-state index in [-0.39, 0.29) is 12.0 Å². The molecule has 1 N–H and O–H groups in total. The van der Waals surface area contributed by atoms with Crippen molar-refractivity contribution < 1.29 is 18.3 Å². The van der Waals surface area contributed by atoms with Gasteiger partial charge in [0.2, 0.25) is 0 Å². The molecule has 0 radical (unpaired) electrons. The highest BCUT2D eigenvalue weighted by atomic mass is 19.1. The molecule has 2 rings (SSSR count). The number of halogens is 2. The van der Waals surface area contributed by atoms with Crippen molar-refractivity contribution in [3.8, 4) is 0 Å². The Hall–Kier alpha value is -1.04. The van der Waals surface area contributed by atoms with Gasteiger partial charge >= 0.3 is 0 Å². The summed E-state index contributed by atoms with van der Waals surface area (Å²) in [6.45, 7) is 2.90. The summed E-state index contributed by atoms with van der Waals surface area (Å²) in [6, 6.07) is 3.72. The van der Waals surface area contributed by atoms with Gasteiger partial charge in [-0.1, -0.05) is 6.07 Å². The average Bonchev–Trinajstić information content (AvgIpc) is 2.49. The fourth-order valence-electron chi connectivity index (χ4n) is 2.76. The maximum Gasteiger partial charge on any atom is 0.131 e. The van der Waals surface area contributed by atoms with Crippen LogP contribution in [-0.4, -0.2) is 33.4 Å². The van der Waals surface area contributed by atoms with Crippen LogP contribution in [0, 0.1) is 17.6 Å². The highest BCUT2D eigenvalue weighted by Gasteiger charge is 2.28. The van der Waals surface area contributed by atoms with Crippen molar-refractivity contribution in [3.63, 3.8) is 0 Å². The Balaban J connectivity index is 2.09. The SMILES string of the molecule is COCCCOC(c1ccc(F)cc1F)[C@@H]1CCCNC1. The minimum Gasteiger partial charge on any atom is -0.385 e. The Morgan fingerprint density at radius 1 is 1.33 bits per heavy atom. The molecular weight excluding hydrogens is 276 g/mol. The van der Waals surface area contributed by atoms with Gasteiger partial charge in [-0.3, -0.25) is 0 Å². The summed E-state index contributed by atoms with van der Waals surface area (Å²) in [5.41, 5.74) is 0.447. The zero-order valence-corrected chi connectivity index (χ0v) is 12.4. The third kappa shape index (κ3) is 4.73. The topological polar surface area (TPSA) is 30.5 Å². The van der Waals surface area contributed by atoms with E-state index in [1.807, 2.05) is 0 Å². The van der Waals surface area contributed by atoms with Crippen molar-refractivity contribution in [1.29, 1.82) is 0 Å². The number of nitrogens with one attached hydrogen (secondary N) is 1. The zero-order chi connectivity index (χ0) is 15.1. The van der Waals surface area contributed by atoms with Crippen LogP contribution >= 0.6 is 0 Å². The summed E-state index contributed by atoms with van der Waals surface area (Å²) in [6.07, 6.45) is 2.45. The van der Waals surface area contributed by atoms with Crippen LogP contribution in [-0.2, 0) is 9.47 Å². The van der Waals surface area contributed by atoms with Crippen molar-refractivity contribution in [3.05, 3.63) is 35.4 Å². The molecule has 0 saturated carbocycles. The Morgan fingerprint density at radius 2 is 2.19 bits per heavy atom. The molecular formula is C16H23F2NO2. The summed E-state index contributed by atoms with van der Waals surface area (Å²) in [7, 11) is 1.64. The molecule has 1 saturated heterocycles. The highest BCUT2D eigenvalue weighted by molar-refractivity contribution is 5.22. The van der Waals surface area contributed by atoms with E-state index in [0.717, 1.165) is 38.4 Å². The first-order chi connectivity index (χ1) is 10.2. The number of rotatable bonds is 7. The van der Waals surface area contributed by atoms with E-state index in [2.05, 4.69) is 5.32 Å². The van der Waals surface area contributed by atoms with Crippen molar-refractivity contribution in [2.45, 2.75) is 25.4 Å². The molecule has 1 aromatic rings. The Labute approximate surface area is 124 Å². The van der Waals surface area contributed by atoms with Gasteiger partial charge in [-0.15, -0.1) is 0 Å². The van der Waals surface area contributed by atoms with Crippen LogP contribution in [0.1, 0.15) is 30.9 Å². The van der Waals surface area contributed by atoms with Gasteiger partial charge in [0.05, 0.1) is 6.10 Å². The molecule has 1 heterocycles. The van der Waals surface area contributed by atoms with Gasteiger partial charge in [-0.05, 0) is 31.9 Å². The van der Waals surface area contributed by atoms with Gasteiger partial charge < -0.3 is 14.8 Å². The summed E-state index contributed by atoms with van der Waals surface area (Å²) in [5.74, 6) is -0.880. The van der Waals surface area contributed by atoms with Crippen LogP contribution in [0.5, 0.6) is 0 Å². The standard InChI is InChI=1S/C16H23F2NO2/c1-20-8-3-9-21-16(12-4-2-7-19-11-12)14-6-5-13(17)10-15(14)18/h5-6,10,12,16,19H,2-4,7-9,11H2,1H3/t12-,16?/m1/s1. The second-order valence-corrected chi connectivity index (χ2v) is 5.41. The lowest BCUT2D eigenvalue weighted by Crippen LogP contribution is -2.34. The zero-order valence-electron chi connectivity index (χ0n) is 12.4. The second-order valence-electron chi connectivity index (χ2n) is 5.41. The number of hydrogen-bond acceptors (Lipinski definition) is 3. The molecule has 2 atom stereocenters. The minimum absolute atomic E-state index is 0.209. The van der Waals surface area contributed by atoms with Gasteiger partial charge in [-0.25, -0.2) is 8.78 Å². The Bertz CT molecular complexity index is 436. The van der Waals surface area contributed by atoms with E-state index in [1.54, 1.807) is 7.11 Å². The first kappa shape index (κ1) is 16.3. The van der Waals surface area contributed by atoms with Gasteiger partial charge in [0.15, 0.2) is 0 Å². The quantitative estimate of drug-likeness (QED) is 0.785. The largest absolute Gasteiger partial charge is 0.385 e. The predicted molar refractivity (Wildman–Crippen MR) is 77.1 cm³/mol. The molecule has 1 unspecified atom stereocenters. The number of hydrogen-bond donors (Lipinski definition) is 1. The number of piperidine rings is 1. The molecule has 1 aromatic carbocycles. The van der Waals surface area contributed by atoms with Crippen LogP contribution in [0.3, 0.4) is 0 Å². The highest BCUT2D eigenvalue weighted by Crippen LogP contribution is 2.32. The van der Waals surface area contributed by atoms with Gasteiger partial charge in [0.1, 0.15) is 11.6 Å². The van der Waals surface area contributed by atoms with Gasteiger partial charge in [-0.2, -0.15) is 0 Å². The van der Waals surface area contributed by atoms with E-state index in [0.29, 0.717) is 18.8 Å². The molecule has 0 aromatic heterocycles. The van der Waals surface area contributed by atoms with E-state index in [9.17, 15) is 8.78 Å². The van der Waals surface area contributed by atoms with Crippen molar-refractivity contribution >= 4 is 0 Å². The van der Waals surface area contributed by atoms with Crippen LogP contribution in [0.4, 0.5) is 8.78 Å². The minimum atomic E-state index is -0.559. The molecule has 1 aliphatic rings. The van der Waals surface area contributed by atoms with Crippen molar-refractivity contribution in [1.82, 2.24) is 5.32 Å². The summed E-state index contributed by atoms with van der Waals surface area (Å²) in [4.78, 5) is 0. The molecule has 0 spiro atoms. The Morgan fingerprint density at radius 3 is 2.86 bits per heavy atom. The van der Waals surface area contributed by atoms with Gasteiger partial charge in [0, 0.05) is 44.4 Å². The van der Waals surface area contributed by atoms with Crippen LogP contribution in [0.15, 0.2) is 18.2 Å². The van der Waals surface area contributed by atoms with E-state index < -0.39 is 11.6 Å². The number of methoxy groups -OCH3 is 1. The maximum absolute atomic E-state index is 14.1. The Kier molecular flexibility index (Phi) is 6.54. The maximum atomic E-state index is 14.1. The molecule has 1 aliphatic heterocycles. The first-order valence-electron chi connectivity index (χ1n) is 7.48.